The number of benzene rings is 1. The molecule has 0 spiro atoms. The van der Waals surface area contributed by atoms with Crippen LogP contribution in [0.5, 0.6) is 0 Å². The van der Waals surface area contributed by atoms with E-state index in [0.29, 0.717) is 22.2 Å². The first-order valence-corrected chi connectivity index (χ1v) is 9.28. The zero-order chi connectivity index (χ0) is 17.5. The number of hydrogen-bond donors (Lipinski definition) is 1. The van der Waals surface area contributed by atoms with Gasteiger partial charge in [0.15, 0.2) is 0 Å². The van der Waals surface area contributed by atoms with Crippen molar-refractivity contribution in [3.63, 3.8) is 0 Å². The predicted molar refractivity (Wildman–Crippen MR) is 88.1 cm³/mol. The second-order valence-corrected chi connectivity index (χ2v) is 6.98. The number of hydrogen-bond acceptors (Lipinski definition) is 7. The van der Waals surface area contributed by atoms with Gasteiger partial charge >= 0.3 is 0 Å². The highest BCUT2D eigenvalue weighted by Gasteiger charge is 2.15. The Hall–Kier alpha value is -1.91. The Morgan fingerprint density at radius 1 is 1.30 bits per heavy atom. The average Bonchev–Trinajstić information content (AvgIpc) is 2.95. The van der Waals surface area contributed by atoms with E-state index in [1.165, 1.54) is 16.7 Å². The number of sulfonamides is 1. The maximum absolute atomic E-state index is 11.2. The number of primary sulfonamides is 1. The van der Waals surface area contributed by atoms with E-state index in [1.54, 1.807) is 38.4 Å². The number of rotatable bonds is 5. The van der Waals surface area contributed by atoms with Crippen molar-refractivity contribution in [1.82, 2.24) is 15.1 Å². The minimum atomic E-state index is -3.60. The fourth-order valence-electron chi connectivity index (χ4n) is 1.47. The number of amides is 1. The first-order chi connectivity index (χ1) is 10.8. The molecular formula is C13H18N4O4S2. The van der Waals surface area contributed by atoms with Crippen molar-refractivity contribution >= 4 is 28.2 Å². The van der Waals surface area contributed by atoms with Crippen LogP contribution in [-0.2, 0) is 20.6 Å². The van der Waals surface area contributed by atoms with E-state index in [-0.39, 0.29) is 5.75 Å². The monoisotopic (exact) mass is 358 g/mol. The van der Waals surface area contributed by atoms with Gasteiger partial charge in [-0.15, -0.1) is 10.2 Å². The third-order valence-electron chi connectivity index (χ3n) is 2.40. The van der Waals surface area contributed by atoms with Gasteiger partial charge in [-0.2, -0.15) is 0 Å². The second kappa shape index (κ2) is 8.65. The fraction of sp³-hybridized carbons (Fsp3) is 0.308. The van der Waals surface area contributed by atoms with Gasteiger partial charge in [0.1, 0.15) is 0 Å². The van der Waals surface area contributed by atoms with Gasteiger partial charge in [-0.25, -0.2) is 13.6 Å². The van der Waals surface area contributed by atoms with Gasteiger partial charge in [0.2, 0.25) is 22.3 Å². The number of aromatic nitrogens is 2. The molecule has 2 aromatic rings. The van der Waals surface area contributed by atoms with E-state index in [1.807, 2.05) is 6.26 Å². The summed E-state index contributed by atoms with van der Waals surface area (Å²) in [5.41, 5.74) is 1.12. The molecule has 10 heteroatoms. The van der Waals surface area contributed by atoms with Crippen LogP contribution in [0.3, 0.4) is 0 Å². The molecule has 0 bridgehead atoms. The molecule has 0 saturated heterocycles. The van der Waals surface area contributed by atoms with Gasteiger partial charge in [-0.3, -0.25) is 4.79 Å². The Kier molecular flexibility index (Phi) is 7.20. The van der Waals surface area contributed by atoms with Gasteiger partial charge < -0.3 is 9.32 Å². The van der Waals surface area contributed by atoms with Crippen LogP contribution in [0.25, 0.3) is 11.5 Å². The number of carbonyl (C=O) groups is 1. The minimum absolute atomic E-state index is 0.264. The van der Waals surface area contributed by atoms with Crippen molar-refractivity contribution in [1.29, 1.82) is 0 Å². The number of thioether (sulfide) groups is 1. The van der Waals surface area contributed by atoms with Crippen molar-refractivity contribution < 1.29 is 17.6 Å². The van der Waals surface area contributed by atoms with E-state index >= 15 is 0 Å². The largest absolute Gasteiger partial charge is 0.411 e. The molecule has 1 aromatic carbocycles. The maximum Gasteiger partial charge on any atom is 0.276 e. The zero-order valence-electron chi connectivity index (χ0n) is 13.0. The molecule has 0 fully saturated rings. The van der Waals surface area contributed by atoms with Crippen molar-refractivity contribution in [3.05, 3.63) is 29.8 Å². The highest BCUT2D eigenvalue weighted by molar-refractivity contribution is 7.98. The van der Waals surface area contributed by atoms with Crippen LogP contribution in [-0.4, -0.2) is 50.3 Å². The van der Waals surface area contributed by atoms with Crippen molar-refractivity contribution in [2.24, 2.45) is 5.14 Å². The lowest BCUT2D eigenvalue weighted by Crippen LogP contribution is -2.15. The number of carbonyl (C=O) groups excluding carboxylic acids is 1. The van der Waals surface area contributed by atoms with Gasteiger partial charge in [0.05, 0.1) is 5.75 Å². The molecule has 0 saturated carbocycles. The molecule has 1 heterocycles. The van der Waals surface area contributed by atoms with Crippen molar-refractivity contribution in [3.8, 4) is 11.5 Å². The SMILES string of the molecule is CN(C)C=O.CSc1nnc(-c2ccccc2CS(N)(=O)=O)o1. The lowest BCUT2D eigenvalue weighted by molar-refractivity contribution is -0.115. The summed E-state index contributed by atoms with van der Waals surface area (Å²) in [6.45, 7) is 0. The van der Waals surface area contributed by atoms with Crippen molar-refractivity contribution in [2.45, 2.75) is 11.0 Å². The molecule has 0 atom stereocenters. The number of nitrogens with zero attached hydrogens (tertiary/aromatic N) is 3. The second-order valence-electron chi connectivity index (χ2n) is 4.61. The van der Waals surface area contributed by atoms with Crippen molar-refractivity contribution in [2.75, 3.05) is 20.4 Å². The molecule has 2 rings (SSSR count). The molecule has 0 aliphatic heterocycles. The van der Waals surface area contributed by atoms with Crippen LogP contribution < -0.4 is 5.14 Å². The number of nitrogens with two attached hydrogens (primary N) is 1. The van der Waals surface area contributed by atoms with Crippen LogP contribution in [0.15, 0.2) is 33.9 Å². The van der Waals surface area contributed by atoms with Crippen LogP contribution in [0.2, 0.25) is 0 Å². The molecule has 1 amide bonds. The molecule has 0 radical (unpaired) electrons. The first-order valence-electron chi connectivity index (χ1n) is 6.34. The Labute approximate surface area is 139 Å². The summed E-state index contributed by atoms with van der Waals surface area (Å²) in [7, 11) is -0.226. The Balaban J connectivity index is 0.000000463. The summed E-state index contributed by atoms with van der Waals surface area (Å²) in [6, 6.07) is 6.89. The highest BCUT2D eigenvalue weighted by Crippen LogP contribution is 2.25. The van der Waals surface area contributed by atoms with E-state index in [2.05, 4.69) is 10.2 Å². The normalized spacial score (nSPS) is 10.6. The minimum Gasteiger partial charge on any atom is -0.411 e. The quantitative estimate of drug-likeness (QED) is 0.624. The fourth-order valence-corrected chi connectivity index (χ4v) is 2.44. The lowest BCUT2D eigenvalue weighted by atomic mass is 10.1. The third kappa shape index (κ3) is 6.80. The summed E-state index contributed by atoms with van der Waals surface area (Å²) in [6.07, 6.45) is 2.56. The first kappa shape index (κ1) is 19.1. The smallest absolute Gasteiger partial charge is 0.276 e. The van der Waals surface area contributed by atoms with Crippen LogP contribution >= 0.6 is 11.8 Å². The summed E-state index contributed by atoms with van der Waals surface area (Å²) in [5.74, 6) is 0.0266. The predicted octanol–water partition coefficient (Wildman–Crippen LogP) is 0.951. The average molecular weight is 358 g/mol. The Morgan fingerprint density at radius 2 is 1.91 bits per heavy atom. The Morgan fingerprint density at radius 3 is 2.39 bits per heavy atom. The van der Waals surface area contributed by atoms with Crippen LogP contribution in [0, 0.1) is 0 Å². The van der Waals surface area contributed by atoms with Gasteiger partial charge in [0.25, 0.3) is 5.22 Å². The highest BCUT2D eigenvalue weighted by atomic mass is 32.2. The molecule has 8 nitrogen and oxygen atoms in total. The topological polar surface area (TPSA) is 119 Å². The van der Waals surface area contributed by atoms with E-state index in [4.69, 9.17) is 9.56 Å². The summed E-state index contributed by atoms with van der Waals surface area (Å²) < 4.78 is 27.7. The third-order valence-corrected chi connectivity index (χ3v) is 3.62. The Bertz CT molecular complexity index is 744. The summed E-state index contributed by atoms with van der Waals surface area (Å²) >= 11 is 1.32. The molecule has 126 valence electrons. The van der Waals surface area contributed by atoms with Crippen LogP contribution in [0.4, 0.5) is 0 Å². The molecule has 23 heavy (non-hydrogen) atoms. The molecule has 0 unspecified atom stereocenters. The van der Waals surface area contributed by atoms with Gasteiger partial charge in [0, 0.05) is 19.7 Å². The molecular weight excluding hydrogens is 340 g/mol. The van der Waals surface area contributed by atoms with E-state index < -0.39 is 10.0 Å². The van der Waals surface area contributed by atoms with E-state index in [0.717, 1.165) is 6.41 Å². The van der Waals surface area contributed by atoms with Crippen LogP contribution in [0.1, 0.15) is 5.56 Å². The standard InChI is InChI=1S/C10H11N3O3S2.C3H7NO/c1-17-10-13-12-9(16-10)8-5-3-2-4-7(8)6-18(11,14)15;1-4(2)3-5/h2-5H,6H2,1H3,(H2,11,14,15);3H,1-2H3. The molecule has 2 N–H and O–H groups in total. The zero-order valence-corrected chi connectivity index (χ0v) is 14.6. The summed E-state index contributed by atoms with van der Waals surface area (Å²) in [5, 5.41) is 13.2. The lowest BCUT2D eigenvalue weighted by Gasteiger charge is -2.04. The van der Waals surface area contributed by atoms with Gasteiger partial charge in [-0.1, -0.05) is 30.0 Å². The van der Waals surface area contributed by atoms with Gasteiger partial charge in [-0.05, 0) is 17.9 Å². The summed E-state index contributed by atoms with van der Waals surface area (Å²) in [4.78, 5) is 10.9. The molecule has 0 aliphatic rings. The van der Waals surface area contributed by atoms with E-state index in [9.17, 15) is 13.2 Å². The molecule has 0 aliphatic carbocycles. The maximum atomic E-state index is 11.2. The molecule has 1 aromatic heterocycles.